The third kappa shape index (κ3) is 5.20. The molecule has 0 spiro atoms. The largest absolute Gasteiger partial charge is 0.301 e. The van der Waals surface area contributed by atoms with E-state index in [1.54, 1.807) is 0 Å². The van der Waals surface area contributed by atoms with E-state index < -0.39 is 25.0 Å². The molecule has 0 aliphatic carbocycles. The van der Waals surface area contributed by atoms with Crippen molar-refractivity contribution in [3.8, 4) is 0 Å². The summed E-state index contributed by atoms with van der Waals surface area (Å²) >= 11 is 0. The number of benzene rings is 1. The van der Waals surface area contributed by atoms with Gasteiger partial charge in [0.25, 0.3) is 5.69 Å². The Balaban J connectivity index is 1.92. The second-order valence-corrected chi connectivity index (χ2v) is 9.65. The molecule has 26 heavy (non-hydrogen) atoms. The lowest BCUT2D eigenvalue weighted by molar-refractivity contribution is -0.384. The van der Waals surface area contributed by atoms with E-state index in [0.717, 1.165) is 30.8 Å². The Hall–Kier alpha value is -1.60. The Kier molecular flexibility index (Phi) is 6.69. The fourth-order valence-corrected chi connectivity index (χ4v) is 5.09. The van der Waals surface area contributed by atoms with E-state index in [0.29, 0.717) is 26.2 Å². The lowest BCUT2D eigenvalue weighted by Gasteiger charge is -2.33. The average molecular weight is 406 g/mol. The summed E-state index contributed by atoms with van der Waals surface area (Å²) in [7, 11) is -7.48. The maximum absolute atomic E-state index is 12.3. The zero-order chi connectivity index (χ0) is 19.4. The van der Waals surface area contributed by atoms with Crippen molar-refractivity contribution in [3.05, 3.63) is 34.4 Å². The maximum atomic E-state index is 12.3. The van der Waals surface area contributed by atoms with Crippen LogP contribution in [0.25, 0.3) is 0 Å². The van der Waals surface area contributed by atoms with Crippen LogP contribution in [0.4, 0.5) is 5.69 Å². The molecule has 2 rings (SSSR count). The molecular weight excluding hydrogens is 384 g/mol. The number of nitro benzene ring substituents is 1. The van der Waals surface area contributed by atoms with Crippen molar-refractivity contribution in [1.82, 2.24) is 13.9 Å². The minimum atomic E-state index is -3.93. The van der Waals surface area contributed by atoms with Gasteiger partial charge in [-0.2, -0.15) is 4.31 Å². The van der Waals surface area contributed by atoms with E-state index in [1.807, 2.05) is 6.92 Å². The number of sulfonamides is 2. The molecule has 146 valence electrons. The topological polar surface area (TPSA) is 130 Å². The van der Waals surface area contributed by atoms with Gasteiger partial charge in [-0.3, -0.25) is 10.1 Å². The van der Waals surface area contributed by atoms with Crippen LogP contribution in [-0.4, -0.2) is 76.0 Å². The van der Waals surface area contributed by atoms with Crippen LogP contribution in [0.5, 0.6) is 0 Å². The Morgan fingerprint density at radius 3 is 2.15 bits per heavy atom. The molecule has 0 atom stereocenters. The van der Waals surface area contributed by atoms with Crippen LogP contribution >= 0.6 is 0 Å². The minimum absolute atomic E-state index is 0.156. The number of nitro groups is 1. The predicted molar refractivity (Wildman–Crippen MR) is 95.8 cm³/mol. The highest BCUT2D eigenvalue weighted by molar-refractivity contribution is 7.90. The van der Waals surface area contributed by atoms with Gasteiger partial charge in [0.2, 0.25) is 20.0 Å². The second-order valence-electron chi connectivity index (χ2n) is 5.80. The molecule has 0 unspecified atom stereocenters. The highest BCUT2D eigenvalue weighted by Crippen LogP contribution is 2.15. The van der Waals surface area contributed by atoms with E-state index in [-0.39, 0.29) is 22.9 Å². The van der Waals surface area contributed by atoms with Crippen LogP contribution in [0.3, 0.4) is 0 Å². The molecule has 1 N–H and O–H groups in total. The molecule has 1 saturated heterocycles. The summed E-state index contributed by atoms with van der Waals surface area (Å²) in [6, 6.07) is 4.38. The summed E-state index contributed by atoms with van der Waals surface area (Å²) in [6.45, 7) is 4.71. The molecule has 0 aromatic heterocycles. The number of likely N-dealkylation sites (N-methyl/N-ethyl adjacent to an activating group) is 1. The molecule has 0 radical (unpaired) electrons. The van der Waals surface area contributed by atoms with Crippen LogP contribution < -0.4 is 4.72 Å². The van der Waals surface area contributed by atoms with Crippen molar-refractivity contribution in [2.75, 3.05) is 45.0 Å². The third-order valence-corrected chi connectivity index (χ3v) is 7.53. The van der Waals surface area contributed by atoms with Gasteiger partial charge in [0, 0.05) is 44.9 Å². The fourth-order valence-electron chi connectivity index (χ4n) is 2.59. The predicted octanol–water partition coefficient (Wildman–Crippen LogP) is -0.160. The minimum Gasteiger partial charge on any atom is -0.301 e. The molecule has 0 amide bonds. The molecule has 1 aliphatic rings. The van der Waals surface area contributed by atoms with Gasteiger partial charge in [0.05, 0.1) is 15.6 Å². The van der Waals surface area contributed by atoms with E-state index >= 15 is 0 Å². The first kappa shape index (κ1) is 20.7. The van der Waals surface area contributed by atoms with Crippen molar-refractivity contribution < 1.29 is 21.8 Å². The highest BCUT2D eigenvalue weighted by atomic mass is 32.2. The molecule has 10 nitrogen and oxygen atoms in total. The SMILES string of the molecule is CCN1CCN(S(=O)(=O)CCNS(=O)(=O)c2ccc([N+](=O)[O-])cc2)CC1. The second kappa shape index (κ2) is 8.39. The maximum Gasteiger partial charge on any atom is 0.269 e. The van der Waals surface area contributed by atoms with Gasteiger partial charge in [0.15, 0.2) is 0 Å². The Morgan fingerprint density at radius 1 is 1.08 bits per heavy atom. The smallest absolute Gasteiger partial charge is 0.269 e. The molecule has 0 bridgehead atoms. The summed E-state index contributed by atoms with van der Waals surface area (Å²) in [5.74, 6) is -0.342. The van der Waals surface area contributed by atoms with Crippen molar-refractivity contribution in [2.24, 2.45) is 0 Å². The van der Waals surface area contributed by atoms with Crippen molar-refractivity contribution in [1.29, 1.82) is 0 Å². The number of piperazine rings is 1. The van der Waals surface area contributed by atoms with Crippen LogP contribution in [0.1, 0.15) is 6.92 Å². The Labute approximate surface area is 153 Å². The Morgan fingerprint density at radius 2 is 1.65 bits per heavy atom. The molecular formula is C14H22N4O6S2. The number of rotatable bonds is 8. The number of hydrogen-bond donors (Lipinski definition) is 1. The van der Waals surface area contributed by atoms with Gasteiger partial charge >= 0.3 is 0 Å². The molecule has 0 saturated carbocycles. The monoisotopic (exact) mass is 406 g/mol. The summed E-state index contributed by atoms with van der Waals surface area (Å²) < 4.78 is 52.6. The van der Waals surface area contributed by atoms with Gasteiger partial charge < -0.3 is 4.90 Å². The van der Waals surface area contributed by atoms with Gasteiger partial charge in [-0.05, 0) is 18.7 Å². The van der Waals surface area contributed by atoms with Crippen LogP contribution in [0.2, 0.25) is 0 Å². The molecule has 12 heteroatoms. The standard InChI is InChI=1S/C14H22N4O6S2/c1-2-16-8-10-17(11-9-16)25(21,22)12-7-15-26(23,24)14-5-3-13(4-6-14)18(19)20/h3-6,15H,2,7-12H2,1H3. The molecule has 1 heterocycles. The molecule has 1 aliphatic heterocycles. The van der Waals surface area contributed by atoms with Crippen LogP contribution in [0, 0.1) is 10.1 Å². The Bertz CT molecular complexity index is 831. The van der Waals surface area contributed by atoms with Gasteiger partial charge in [-0.15, -0.1) is 0 Å². The highest BCUT2D eigenvalue weighted by Gasteiger charge is 2.26. The number of hydrogen-bond acceptors (Lipinski definition) is 7. The number of nitrogens with one attached hydrogen (secondary N) is 1. The van der Waals surface area contributed by atoms with E-state index in [2.05, 4.69) is 9.62 Å². The summed E-state index contributed by atoms with van der Waals surface area (Å²) in [4.78, 5) is 12.0. The zero-order valence-corrected chi connectivity index (χ0v) is 16.0. The summed E-state index contributed by atoms with van der Waals surface area (Å²) in [5, 5.41) is 10.6. The lowest BCUT2D eigenvalue weighted by atomic mass is 10.3. The zero-order valence-electron chi connectivity index (χ0n) is 14.4. The quantitative estimate of drug-likeness (QED) is 0.469. The van der Waals surface area contributed by atoms with Gasteiger partial charge in [-0.25, -0.2) is 21.6 Å². The summed E-state index contributed by atoms with van der Waals surface area (Å²) in [6.07, 6.45) is 0. The van der Waals surface area contributed by atoms with Crippen molar-refractivity contribution in [3.63, 3.8) is 0 Å². The number of non-ortho nitro benzene ring substituents is 1. The van der Waals surface area contributed by atoms with Crippen molar-refractivity contribution >= 4 is 25.7 Å². The average Bonchev–Trinajstić information content (AvgIpc) is 2.61. The lowest BCUT2D eigenvalue weighted by Crippen LogP contribution is -2.49. The third-order valence-electron chi connectivity index (χ3n) is 4.18. The number of nitrogens with zero attached hydrogens (tertiary/aromatic N) is 3. The first-order valence-electron chi connectivity index (χ1n) is 8.10. The van der Waals surface area contributed by atoms with Crippen molar-refractivity contribution in [2.45, 2.75) is 11.8 Å². The normalized spacial score (nSPS) is 17.3. The molecule has 1 aromatic carbocycles. The van der Waals surface area contributed by atoms with Crippen LogP contribution in [0.15, 0.2) is 29.2 Å². The van der Waals surface area contributed by atoms with Crippen LogP contribution in [-0.2, 0) is 20.0 Å². The van der Waals surface area contributed by atoms with E-state index in [9.17, 15) is 26.9 Å². The van der Waals surface area contributed by atoms with Gasteiger partial charge in [-0.1, -0.05) is 6.92 Å². The summed E-state index contributed by atoms with van der Waals surface area (Å²) in [5.41, 5.74) is -0.224. The molecule has 1 aromatic rings. The first-order chi connectivity index (χ1) is 12.2. The fraction of sp³-hybridized carbons (Fsp3) is 0.571. The first-order valence-corrected chi connectivity index (χ1v) is 11.2. The van der Waals surface area contributed by atoms with E-state index in [1.165, 1.54) is 4.31 Å². The van der Waals surface area contributed by atoms with E-state index in [4.69, 9.17) is 0 Å². The van der Waals surface area contributed by atoms with Gasteiger partial charge in [0.1, 0.15) is 0 Å². The molecule has 1 fully saturated rings.